The first kappa shape index (κ1) is 18.7. The van der Waals surface area contributed by atoms with E-state index in [1.165, 1.54) is 0 Å². The number of para-hydroxylation sites is 1. The minimum atomic E-state index is -0.337. The number of halogens is 1. The van der Waals surface area contributed by atoms with Gasteiger partial charge in [-0.25, -0.2) is 4.98 Å². The molecule has 4 rings (SSSR count). The van der Waals surface area contributed by atoms with Crippen LogP contribution in [0.1, 0.15) is 23.1 Å². The van der Waals surface area contributed by atoms with Crippen LogP contribution in [-0.2, 0) is 0 Å². The van der Waals surface area contributed by atoms with Crippen LogP contribution in [0.15, 0.2) is 65.2 Å². The lowest BCUT2D eigenvalue weighted by atomic mass is 10.2. The van der Waals surface area contributed by atoms with Gasteiger partial charge in [-0.05, 0) is 61.6 Å². The summed E-state index contributed by atoms with van der Waals surface area (Å²) in [5, 5.41) is 6.81. The quantitative estimate of drug-likeness (QED) is 0.451. The Morgan fingerprint density at radius 3 is 2.71 bits per heavy atom. The Balaban J connectivity index is 1.65. The molecule has 3 N–H and O–H groups in total. The molecule has 1 aromatic heterocycles. The van der Waals surface area contributed by atoms with Crippen LogP contribution in [0.5, 0.6) is 0 Å². The van der Waals surface area contributed by atoms with Gasteiger partial charge in [-0.15, -0.1) is 0 Å². The van der Waals surface area contributed by atoms with E-state index in [9.17, 15) is 4.79 Å². The topological polar surface area (TPSA) is 69.8 Å². The van der Waals surface area contributed by atoms with Crippen LogP contribution in [0.2, 0.25) is 5.02 Å². The SMILES string of the molecule is CC1=C(c2cc(C(=O)Nc3ccc(Cl)cc3)nc(=S)[nH]2)Sc2ccccc2N1. The first-order valence-electron chi connectivity index (χ1n) is 8.43. The van der Waals surface area contributed by atoms with Crippen molar-refractivity contribution < 1.29 is 4.79 Å². The van der Waals surface area contributed by atoms with Gasteiger partial charge in [0.2, 0.25) is 0 Å². The molecule has 0 saturated carbocycles. The number of anilines is 2. The van der Waals surface area contributed by atoms with E-state index in [0.717, 1.165) is 26.9 Å². The predicted molar refractivity (Wildman–Crippen MR) is 117 cm³/mol. The second-order valence-corrected chi connectivity index (χ2v) is 8.00. The fraction of sp³-hybridized carbons (Fsp3) is 0.0500. The van der Waals surface area contributed by atoms with Crippen molar-refractivity contribution in [1.82, 2.24) is 9.97 Å². The van der Waals surface area contributed by atoms with E-state index >= 15 is 0 Å². The number of carbonyl (C=O) groups excluding carboxylic acids is 1. The molecule has 28 heavy (non-hydrogen) atoms. The number of H-pyrrole nitrogens is 1. The minimum Gasteiger partial charge on any atom is -0.357 e. The number of allylic oxidation sites excluding steroid dienone is 1. The Bertz CT molecular complexity index is 1160. The fourth-order valence-electron chi connectivity index (χ4n) is 2.79. The van der Waals surface area contributed by atoms with Gasteiger partial charge < -0.3 is 15.6 Å². The molecule has 1 amide bonds. The van der Waals surface area contributed by atoms with Crippen molar-refractivity contribution in [2.24, 2.45) is 0 Å². The molecule has 0 saturated heterocycles. The highest BCUT2D eigenvalue weighted by Gasteiger charge is 2.19. The zero-order valence-electron chi connectivity index (χ0n) is 14.7. The van der Waals surface area contributed by atoms with E-state index in [2.05, 4.69) is 20.6 Å². The number of benzene rings is 2. The predicted octanol–water partition coefficient (Wildman–Crippen LogP) is 5.95. The van der Waals surface area contributed by atoms with Crippen LogP contribution in [0.3, 0.4) is 0 Å². The number of thioether (sulfide) groups is 1. The molecule has 8 heteroatoms. The molecule has 140 valence electrons. The minimum absolute atomic E-state index is 0.244. The Kier molecular flexibility index (Phi) is 5.21. The molecule has 0 unspecified atom stereocenters. The Labute approximate surface area is 176 Å². The van der Waals surface area contributed by atoms with E-state index < -0.39 is 0 Å². The number of hydrogen-bond acceptors (Lipinski definition) is 5. The lowest BCUT2D eigenvalue weighted by molar-refractivity contribution is 0.102. The summed E-state index contributed by atoms with van der Waals surface area (Å²) in [4.78, 5) is 22.0. The monoisotopic (exact) mass is 426 g/mol. The van der Waals surface area contributed by atoms with Crippen LogP contribution < -0.4 is 10.6 Å². The second-order valence-electron chi connectivity index (χ2n) is 6.12. The molecule has 2 aromatic carbocycles. The van der Waals surface area contributed by atoms with Crippen LogP contribution in [0, 0.1) is 4.77 Å². The van der Waals surface area contributed by atoms with E-state index in [-0.39, 0.29) is 16.4 Å². The van der Waals surface area contributed by atoms with E-state index in [1.54, 1.807) is 42.1 Å². The number of amides is 1. The normalized spacial score (nSPS) is 12.9. The van der Waals surface area contributed by atoms with Crippen molar-refractivity contribution in [3.63, 3.8) is 0 Å². The first-order chi connectivity index (χ1) is 13.5. The second kappa shape index (κ2) is 7.79. The van der Waals surface area contributed by atoms with Gasteiger partial charge >= 0.3 is 0 Å². The third kappa shape index (κ3) is 3.96. The standard InChI is InChI=1S/C20H15ClN4OS2/c1-11-18(28-17-5-3-2-4-14(17)22-11)15-10-16(25-20(27)24-15)19(26)23-13-8-6-12(21)7-9-13/h2-10,22H,1H3,(H,23,26)(H,24,25,27). The maximum atomic E-state index is 12.7. The van der Waals surface area contributed by atoms with Gasteiger partial charge in [0.15, 0.2) is 4.77 Å². The van der Waals surface area contributed by atoms with E-state index in [0.29, 0.717) is 10.7 Å². The molecule has 5 nitrogen and oxygen atoms in total. The molecule has 1 aliphatic heterocycles. The van der Waals surface area contributed by atoms with Crippen molar-refractivity contribution in [1.29, 1.82) is 0 Å². The summed E-state index contributed by atoms with van der Waals surface area (Å²) in [6.07, 6.45) is 0. The van der Waals surface area contributed by atoms with Crippen molar-refractivity contribution in [2.45, 2.75) is 11.8 Å². The third-order valence-electron chi connectivity index (χ3n) is 4.09. The van der Waals surface area contributed by atoms with Crippen molar-refractivity contribution in [2.75, 3.05) is 10.6 Å². The van der Waals surface area contributed by atoms with E-state index in [1.807, 2.05) is 31.2 Å². The van der Waals surface area contributed by atoms with Gasteiger partial charge in [-0.3, -0.25) is 4.79 Å². The number of carbonyl (C=O) groups is 1. The maximum Gasteiger partial charge on any atom is 0.274 e. The largest absolute Gasteiger partial charge is 0.357 e. The van der Waals surface area contributed by atoms with Gasteiger partial charge in [-0.1, -0.05) is 35.5 Å². The summed E-state index contributed by atoms with van der Waals surface area (Å²) in [7, 11) is 0. The van der Waals surface area contributed by atoms with Gasteiger partial charge in [0, 0.05) is 21.3 Å². The highest BCUT2D eigenvalue weighted by molar-refractivity contribution is 8.08. The summed E-state index contributed by atoms with van der Waals surface area (Å²) < 4.78 is 0.249. The zero-order chi connectivity index (χ0) is 19.7. The molecule has 3 aromatic rings. The smallest absolute Gasteiger partial charge is 0.274 e. The Morgan fingerprint density at radius 1 is 1.18 bits per heavy atom. The molecular weight excluding hydrogens is 412 g/mol. The average molecular weight is 427 g/mol. The van der Waals surface area contributed by atoms with Crippen LogP contribution in [0.4, 0.5) is 11.4 Å². The van der Waals surface area contributed by atoms with Gasteiger partial charge in [0.1, 0.15) is 5.69 Å². The van der Waals surface area contributed by atoms with Crippen LogP contribution >= 0.6 is 35.6 Å². The number of fused-ring (bicyclic) bond motifs is 1. The average Bonchev–Trinajstić information content (AvgIpc) is 2.68. The molecule has 1 aliphatic rings. The summed E-state index contributed by atoms with van der Waals surface area (Å²) in [5.41, 5.74) is 3.65. The molecule has 2 heterocycles. The Hall–Kier alpha value is -2.61. The van der Waals surface area contributed by atoms with Crippen LogP contribution in [0.25, 0.3) is 4.91 Å². The number of hydrogen-bond donors (Lipinski definition) is 3. The van der Waals surface area contributed by atoms with Crippen molar-refractivity contribution >= 4 is 57.8 Å². The highest BCUT2D eigenvalue weighted by Crippen LogP contribution is 2.43. The maximum absolute atomic E-state index is 12.7. The zero-order valence-corrected chi connectivity index (χ0v) is 17.1. The number of nitrogens with one attached hydrogen (secondary N) is 3. The summed E-state index contributed by atoms with van der Waals surface area (Å²) >= 11 is 12.8. The van der Waals surface area contributed by atoms with Crippen molar-refractivity contribution in [3.05, 3.63) is 81.5 Å². The lowest BCUT2D eigenvalue weighted by Gasteiger charge is -2.22. The van der Waals surface area contributed by atoms with Gasteiger partial charge in [0.25, 0.3) is 5.91 Å². The van der Waals surface area contributed by atoms with Crippen molar-refractivity contribution in [3.8, 4) is 0 Å². The molecule has 0 atom stereocenters. The summed E-state index contributed by atoms with van der Waals surface area (Å²) in [5.74, 6) is -0.337. The molecule has 0 spiro atoms. The third-order valence-corrected chi connectivity index (χ3v) is 5.84. The fourth-order valence-corrected chi connectivity index (χ4v) is 4.14. The molecule has 0 aliphatic carbocycles. The number of nitrogens with zero attached hydrogens (tertiary/aromatic N) is 1. The molecular formula is C20H15ClN4OS2. The number of aromatic amines is 1. The number of aromatic nitrogens is 2. The highest BCUT2D eigenvalue weighted by atomic mass is 35.5. The summed E-state index contributed by atoms with van der Waals surface area (Å²) in [6, 6.07) is 16.7. The molecule has 0 fully saturated rings. The van der Waals surface area contributed by atoms with Gasteiger partial charge in [0.05, 0.1) is 16.3 Å². The van der Waals surface area contributed by atoms with E-state index in [4.69, 9.17) is 23.8 Å². The summed E-state index contributed by atoms with van der Waals surface area (Å²) in [6.45, 7) is 1.99. The lowest BCUT2D eigenvalue weighted by Crippen LogP contribution is -2.15. The van der Waals surface area contributed by atoms with Gasteiger partial charge in [-0.2, -0.15) is 0 Å². The molecule has 0 bridgehead atoms. The van der Waals surface area contributed by atoms with Crippen LogP contribution in [-0.4, -0.2) is 15.9 Å². The Morgan fingerprint density at radius 2 is 1.93 bits per heavy atom. The molecule has 0 radical (unpaired) electrons. The number of rotatable bonds is 3. The first-order valence-corrected chi connectivity index (χ1v) is 10.0.